The summed E-state index contributed by atoms with van der Waals surface area (Å²) in [5.74, 6) is -0.479. The number of aliphatic imine (C=N–C) groups is 1. The molecule has 1 N–H and O–H groups in total. The maximum absolute atomic E-state index is 12.4. The van der Waals surface area contributed by atoms with Crippen LogP contribution < -0.4 is 0 Å². The fourth-order valence-corrected chi connectivity index (χ4v) is 3.70. The third-order valence-corrected chi connectivity index (χ3v) is 4.87. The zero-order valence-corrected chi connectivity index (χ0v) is 13.1. The Hall–Kier alpha value is -2.74. The Morgan fingerprint density at radius 1 is 1.30 bits per heavy atom. The second-order valence-electron chi connectivity index (χ2n) is 6.25. The molecule has 2 heterocycles. The highest BCUT2D eigenvalue weighted by molar-refractivity contribution is 6.04. The number of hydrogen-bond acceptors (Lipinski definition) is 4. The summed E-state index contributed by atoms with van der Waals surface area (Å²) in [5, 5.41) is 17.9. The smallest absolute Gasteiger partial charge is 0.161 e. The summed E-state index contributed by atoms with van der Waals surface area (Å²) in [4.78, 5) is 16.9. The van der Waals surface area contributed by atoms with Crippen molar-refractivity contribution in [2.75, 3.05) is 0 Å². The SMILES string of the molecule is CC1=NC2=C(C(=O)CC2)C(c2ccc3n[nH]c(C)c3c2)C1C#N. The molecule has 1 aromatic carbocycles. The molecule has 0 saturated heterocycles. The molecule has 0 radical (unpaired) electrons. The van der Waals surface area contributed by atoms with Gasteiger partial charge in [0.15, 0.2) is 5.78 Å². The Kier molecular flexibility index (Phi) is 2.95. The van der Waals surface area contributed by atoms with E-state index >= 15 is 0 Å². The number of nitriles is 1. The number of aromatic nitrogens is 2. The van der Waals surface area contributed by atoms with Crippen LogP contribution in [0.15, 0.2) is 34.5 Å². The molecule has 23 heavy (non-hydrogen) atoms. The minimum Gasteiger partial charge on any atom is -0.294 e. The average molecular weight is 304 g/mol. The molecule has 5 nitrogen and oxygen atoms in total. The van der Waals surface area contributed by atoms with Crippen LogP contribution in [-0.4, -0.2) is 21.7 Å². The molecular weight excluding hydrogens is 288 g/mol. The van der Waals surface area contributed by atoms with E-state index in [0.29, 0.717) is 12.8 Å². The average Bonchev–Trinajstić information content (AvgIpc) is 3.09. The summed E-state index contributed by atoms with van der Waals surface area (Å²) in [7, 11) is 0. The van der Waals surface area contributed by atoms with E-state index in [-0.39, 0.29) is 17.6 Å². The molecule has 2 aliphatic rings. The van der Waals surface area contributed by atoms with Crippen molar-refractivity contribution >= 4 is 22.4 Å². The number of rotatable bonds is 1. The highest BCUT2D eigenvalue weighted by atomic mass is 16.1. The van der Waals surface area contributed by atoms with E-state index in [1.54, 1.807) is 0 Å². The number of carbonyl (C=O) groups is 1. The number of ketones is 1. The summed E-state index contributed by atoms with van der Waals surface area (Å²) in [5.41, 5.74) is 5.28. The molecule has 114 valence electrons. The first kappa shape index (κ1) is 13.9. The third-order valence-electron chi connectivity index (χ3n) is 4.87. The van der Waals surface area contributed by atoms with Gasteiger partial charge in [-0.25, -0.2) is 0 Å². The minimum atomic E-state index is -0.388. The van der Waals surface area contributed by atoms with Crippen molar-refractivity contribution < 1.29 is 4.79 Å². The van der Waals surface area contributed by atoms with E-state index in [0.717, 1.165) is 39.1 Å². The lowest BCUT2D eigenvalue weighted by molar-refractivity contribution is -0.115. The van der Waals surface area contributed by atoms with Crippen LogP contribution in [0.5, 0.6) is 0 Å². The van der Waals surface area contributed by atoms with Crippen LogP contribution in [0.1, 0.15) is 36.9 Å². The van der Waals surface area contributed by atoms with Crippen molar-refractivity contribution in [1.82, 2.24) is 10.2 Å². The fourth-order valence-electron chi connectivity index (χ4n) is 3.70. The quantitative estimate of drug-likeness (QED) is 0.878. The van der Waals surface area contributed by atoms with Crippen LogP contribution in [0.4, 0.5) is 0 Å². The number of nitrogens with zero attached hydrogens (tertiary/aromatic N) is 3. The zero-order valence-electron chi connectivity index (χ0n) is 13.1. The van der Waals surface area contributed by atoms with Crippen molar-refractivity contribution in [2.45, 2.75) is 32.6 Å². The van der Waals surface area contributed by atoms with Crippen molar-refractivity contribution in [1.29, 1.82) is 5.26 Å². The van der Waals surface area contributed by atoms with Crippen molar-refractivity contribution in [3.05, 3.63) is 40.7 Å². The number of benzene rings is 1. The minimum absolute atomic E-state index is 0.130. The normalized spacial score (nSPS) is 23.9. The number of allylic oxidation sites excluding steroid dienone is 2. The molecule has 1 aromatic heterocycles. The number of aryl methyl sites for hydroxylation is 1. The van der Waals surface area contributed by atoms with Gasteiger partial charge in [0.1, 0.15) is 0 Å². The molecule has 0 bridgehead atoms. The van der Waals surface area contributed by atoms with Crippen LogP contribution in [0, 0.1) is 24.2 Å². The van der Waals surface area contributed by atoms with Crippen LogP contribution in [-0.2, 0) is 4.79 Å². The molecule has 2 aromatic rings. The molecule has 1 aliphatic heterocycles. The third kappa shape index (κ3) is 1.95. The second kappa shape index (κ2) is 4.88. The van der Waals surface area contributed by atoms with E-state index in [1.165, 1.54) is 0 Å². The Balaban J connectivity index is 1.93. The number of nitrogens with one attached hydrogen (secondary N) is 1. The van der Waals surface area contributed by atoms with Gasteiger partial charge in [0.2, 0.25) is 0 Å². The van der Waals surface area contributed by atoms with Crippen LogP contribution in [0.25, 0.3) is 10.9 Å². The molecule has 5 heteroatoms. The predicted octanol–water partition coefficient (Wildman–Crippen LogP) is 3.19. The molecule has 0 amide bonds. The van der Waals surface area contributed by atoms with Crippen LogP contribution in [0.2, 0.25) is 0 Å². The topological polar surface area (TPSA) is 81.9 Å². The summed E-state index contributed by atoms with van der Waals surface area (Å²) >= 11 is 0. The van der Waals surface area contributed by atoms with Gasteiger partial charge in [0, 0.05) is 40.4 Å². The van der Waals surface area contributed by atoms with Gasteiger partial charge in [-0.05, 0) is 38.0 Å². The van der Waals surface area contributed by atoms with Gasteiger partial charge in [0.05, 0.1) is 17.5 Å². The van der Waals surface area contributed by atoms with E-state index < -0.39 is 0 Å². The van der Waals surface area contributed by atoms with E-state index in [9.17, 15) is 10.1 Å². The molecule has 0 spiro atoms. The van der Waals surface area contributed by atoms with Gasteiger partial charge in [-0.2, -0.15) is 10.4 Å². The highest BCUT2D eigenvalue weighted by Crippen LogP contribution is 2.44. The summed E-state index contributed by atoms with van der Waals surface area (Å²) in [6, 6.07) is 8.33. The molecule has 0 saturated carbocycles. The lowest BCUT2D eigenvalue weighted by Gasteiger charge is -2.27. The Labute approximate surface area is 133 Å². The molecule has 4 rings (SSSR count). The van der Waals surface area contributed by atoms with Gasteiger partial charge in [0.25, 0.3) is 0 Å². The van der Waals surface area contributed by atoms with Gasteiger partial charge in [-0.15, -0.1) is 0 Å². The van der Waals surface area contributed by atoms with Crippen molar-refractivity contribution in [3.63, 3.8) is 0 Å². The maximum Gasteiger partial charge on any atom is 0.161 e. The number of H-pyrrole nitrogens is 1. The van der Waals surface area contributed by atoms with E-state index in [4.69, 9.17) is 0 Å². The molecule has 0 fully saturated rings. The maximum atomic E-state index is 12.4. The largest absolute Gasteiger partial charge is 0.294 e. The van der Waals surface area contributed by atoms with Crippen LogP contribution >= 0.6 is 0 Å². The van der Waals surface area contributed by atoms with Gasteiger partial charge in [-0.3, -0.25) is 14.9 Å². The second-order valence-corrected chi connectivity index (χ2v) is 6.25. The van der Waals surface area contributed by atoms with Gasteiger partial charge < -0.3 is 0 Å². The number of Topliss-reactive ketones (excluding diaryl/α,β-unsaturated/α-hetero) is 1. The van der Waals surface area contributed by atoms with E-state index in [1.807, 2.05) is 26.0 Å². The molecule has 2 unspecified atom stereocenters. The number of fused-ring (bicyclic) bond motifs is 1. The standard InChI is InChI=1S/C18H16N4O/c1-9-13(8-19)17(18-15(20-9)5-6-16(18)23)11-3-4-14-12(7-11)10(2)21-22-14/h3-4,7,13,17H,5-6H2,1-2H3,(H,21,22). The zero-order chi connectivity index (χ0) is 16.1. The predicted molar refractivity (Wildman–Crippen MR) is 87.1 cm³/mol. The van der Waals surface area contributed by atoms with Gasteiger partial charge in [-0.1, -0.05) is 6.07 Å². The highest BCUT2D eigenvalue weighted by Gasteiger charge is 2.40. The first-order chi connectivity index (χ1) is 11.1. The number of hydrogen-bond donors (Lipinski definition) is 1. The van der Waals surface area contributed by atoms with Gasteiger partial charge >= 0.3 is 0 Å². The summed E-state index contributed by atoms with van der Waals surface area (Å²) in [6.07, 6.45) is 1.19. The fraction of sp³-hybridized carbons (Fsp3) is 0.333. The van der Waals surface area contributed by atoms with Crippen LogP contribution in [0.3, 0.4) is 0 Å². The van der Waals surface area contributed by atoms with E-state index in [2.05, 4.69) is 27.3 Å². The monoisotopic (exact) mass is 304 g/mol. The number of aromatic amines is 1. The molecular formula is C18H16N4O. The first-order valence-corrected chi connectivity index (χ1v) is 7.76. The Morgan fingerprint density at radius 2 is 2.13 bits per heavy atom. The Morgan fingerprint density at radius 3 is 2.91 bits per heavy atom. The summed E-state index contributed by atoms with van der Waals surface area (Å²) in [6.45, 7) is 3.86. The summed E-state index contributed by atoms with van der Waals surface area (Å²) < 4.78 is 0. The lowest BCUT2D eigenvalue weighted by Crippen LogP contribution is -2.26. The number of carbonyl (C=O) groups excluding carboxylic acids is 1. The first-order valence-electron chi connectivity index (χ1n) is 7.76. The molecule has 2 atom stereocenters. The lowest BCUT2D eigenvalue weighted by atomic mass is 9.76. The van der Waals surface area contributed by atoms with Crippen molar-refractivity contribution in [3.8, 4) is 6.07 Å². The Bertz CT molecular complexity index is 942. The molecule has 1 aliphatic carbocycles. The van der Waals surface area contributed by atoms with Crippen molar-refractivity contribution in [2.24, 2.45) is 10.9 Å².